The predicted octanol–water partition coefficient (Wildman–Crippen LogP) is 17.8. The normalized spacial score (nSPS) is 12.8. The van der Waals surface area contributed by atoms with E-state index < -0.39 is 23.4 Å². The predicted molar refractivity (Wildman–Crippen MR) is 479 cm³/mol. The summed E-state index contributed by atoms with van der Waals surface area (Å²) in [6, 6.07) is 64.8. The Morgan fingerprint density at radius 3 is 1.49 bits per heavy atom. The number of halogens is 1. The molecule has 8 heterocycles. The molecule has 1 aliphatic heterocycles. The van der Waals surface area contributed by atoms with Crippen LogP contribution in [0.3, 0.4) is 0 Å². The number of hydrogen-bond acceptors (Lipinski definition) is 20. The largest absolute Gasteiger partial charge is 0.478 e. The lowest BCUT2D eigenvalue weighted by Crippen LogP contribution is -2.40. The second-order valence-electron chi connectivity index (χ2n) is 30.3. The molecule has 0 saturated heterocycles. The number of rotatable bonds is 32. The number of aryl methyl sites for hydroxylation is 2. The van der Waals surface area contributed by atoms with Gasteiger partial charge in [0.15, 0.2) is 22.6 Å². The van der Waals surface area contributed by atoms with E-state index in [1.165, 1.54) is 11.3 Å². The van der Waals surface area contributed by atoms with Crippen LogP contribution in [0, 0.1) is 0 Å². The fourth-order valence-corrected chi connectivity index (χ4v) is 16.5. The number of aliphatic carboxylic acids is 1. The van der Waals surface area contributed by atoms with Crippen LogP contribution >= 0.6 is 22.9 Å². The topological polar surface area (TPSA) is 391 Å². The SMILES string of the molecule is CCCCC1=NC2(CCCC2)C(=O)N1Cc1ccc(-c2ccccc2-c2nnn[nH]2)cc1.CCCCc1nc(Cl)c(CO)n1Cc1ccc(-c2ccccc2-c2nnn[nH]2)cc1.CCCCc1ncc(/C=C(\Cc2cccs2)C(=O)O)n1Cc1ccc(C(=O)O)cc1.CCOc1nc2cccc(C(=O)O)c2n1Cc1ccc(-c2ccccc2-c2nnn[nH]2)cc1. The number of benzene rings is 8. The van der Waals surface area contributed by atoms with Gasteiger partial charge in [-0.1, -0.05) is 234 Å². The Morgan fingerprint density at radius 2 is 1.02 bits per heavy atom. The van der Waals surface area contributed by atoms with Crippen molar-refractivity contribution in [3.8, 4) is 73.6 Å². The van der Waals surface area contributed by atoms with Gasteiger partial charge in [0.05, 0.1) is 66.0 Å². The van der Waals surface area contributed by atoms with Crippen LogP contribution in [0.1, 0.15) is 169 Å². The molecule has 1 fully saturated rings. The average molecular weight is 1720 g/mol. The molecule has 15 aromatic rings. The molecule has 2 aliphatic rings. The lowest BCUT2D eigenvalue weighted by Gasteiger charge is -2.23. The van der Waals surface area contributed by atoms with Crippen molar-refractivity contribution in [2.75, 3.05) is 6.61 Å². The van der Waals surface area contributed by atoms with Gasteiger partial charge in [-0.05, 0) is 168 Å². The van der Waals surface area contributed by atoms with E-state index in [0.29, 0.717) is 90.1 Å². The number of aliphatic imine (C=N–C) groups is 1. The number of aliphatic hydroxyl groups excluding tert-OH is 1. The Labute approximate surface area is 730 Å². The molecule has 7 N–H and O–H groups in total. The number of amides is 1. The summed E-state index contributed by atoms with van der Waals surface area (Å²) < 4.78 is 11.6. The van der Waals surface area contributed by atoms with Crippen LogP contribution in [-0.4, -0.2) is 158 Å². The van der Waals surface area contributed by atoms with E-state index in [0.717, 1.165) is 184 Å². The maximum Gasteiger partial charge on any atom is 0.337 e. The number of nitrogens with one attached hydrogen (secondary N) is 3. The second-order valence-corrected chi connectivity index (χ2v) is 31.7. The number of thiophene rings is 1. The minimum absolute atomic E-state index is 0.130. The van der Waals surface area contributed by atoms with E-state index in [1.807, 2.05) is 128 Å². The Kier molecular flexibility index (Phi) is 29.1. The first-order valence-electron chi connectivity index (χ1n) is 41.7. The second kappa shape index (κ2) is 41.6. The molecule has 7 aromatic heterocycles. The number of carbonyl (C=O) groups is 4. The van der Waals surface area contributed by atoms with Crippen LogP contribution in [0.2, 0.25) is 5.15 Å². The number of aromatic carboxylic acids is 2. The zero-order valence-corrected chi connectivity index (χ0v) is 71.2. The summed E-state index contributed by atoms with van der Waals surface area (Å²) in [5.74, 6) is 1.96. The standard InChI is InChI=1S/C25H28N6O.C24H20N6O3.C23H24N2O4S.C22H23ClN6O/c1-2-3-10-22-26-25(15-6-7-16-25)24(32)31(22)17-18-11-13-19(14-12-18)20-8-4-5-9-21(20)23-27-29-30-28-23;1-2-33-24-25-20-9-5-8-19(23(31)32)21(20)30(24)14-15-10-12-16(13-11-15)17-6-3-4-7-18(17)22-26-28-29-27-22;1-2-3-6-21-24-14-19(12-18(23(28)29)13-20-5-4-11-30-20)25(21)15-16-7-9-17(10-8-16)22(26)27;1-2-3-8-20-24-21(23)19(14-30)29(20)13-15-9-11-16(12-10-15)17-6-4-5-7-18(17)22-25-27-28-26-22/h4-5,8-9,11-14H,2-3,6-7,10,15-17H2,1H3,(H,27,28,29,30);3-13H,2,14H2,1H3,(H,31,32)(H,26,27,28,29);4-5,7-12,14H,2-3,6,13,15H2,1H3,(H,26,27)(H,28,29);4-7,9-12,30H,2-3,8,13-14H2,1H3,(H,25,26,27,28)/b;;18-12+;. The van der Waals surface area contributed by atoms with Crippen LogP contribution in [0.15, 0.2) is 222 Å². The number of fused-ring (bicyclic) bond motifs is 1. The molecule has 125 heavy (non-hydrogen) atoms. The number of tetrazole rings is 3. The lowest BCUT2D eigenvalue weighted by molar-refractivity contribution is -0.133. The highest BCUT2D eigenvalue weighted by Crippen LogP contribution is 2.41. The molecule has 0 radical (unpaired) electrons. The highest BCUT2D eigenvalue weighted by atomic mass is 35.5. The third-order valence-electron chi connectivity index (χ3n) is 21.9. The van der Waals surface area contributed by atoms with E-state index in [4.69, 9.17) is 26.4 Å². The number of ether oxygens (including phenoxy) is 1. The lowest BCUT2D eigenvalue weighted by atomic mass is 9.97. The van der Waals surface area contributed by atoms with E-state index in [2.05, 4.69) is 158 Å². The first-order valence-corrected chi connectivity index (χ1v) is 43.0. The molecule has 1 amide bonds. The minimum Gasteiger partial charge on any atom is -0.478 e. The number of carboxylic acids is 3. The number of unbranched alkanes of at least 4 members (excludes halogenated alkanes) is 3. The first-order chi connectivity index (χ1) is 61.0. The number of aromatic nitrogens is 18. The summed E-state index contributed by atoms with van der Waals surface area (Å²) in [4.78, 5) is 69.5. The zero-order valence-electron chi connectivity index (χ0n) is 69.6. The number of amidine groups is 1. The quantitative estimate of drug-likeness (QED) is 0.0193. The summed E-state index contributed by atoms with van der Waals surface area (Å²) >= 11 is 7.79. The van der Waals surface area contributed by atoms with Gasteiger partial charge in [0.25, 0.3) is 11.9 Å². The Balaban J connectivity index is 0.000000136. The van der Waals surface area contributed by atoms with Gasteiger partial charge in [-0.2, -0.15) is 4.98 Å². The number of nitrogens with zero attached hydrogens (tertiary/aromatic N) is 17. The van der Waals surface area contributed by atoms with Gasteiger partial charge in [0.2, 0.25) is 0 Å². The van der Waals surface area contributed by atoms with E-state index >= 15 is 0 Å². The number of para-hydroxylation sites is 1. The first kappa shape index (κ1) is 87.3. The van der Waals surface area contributed by atoms with Gasteiger partial charge in [0.1, 0.15) is 23.0 Å². The van der Waals surface area contributed by atoms with Crippen molar-refractivity contribution in [3.05, 3.63) is 284 Å². The third kappa shape index (κ3) is 21.0. The highest BCUT2D eigenvalue weighted by Gasteiger charge is 2.49. The molecule has 17 rings (SSSR count). The maximum absolute atomic E-state index is 13.4. The maximum atomic E-state index is 13.4. The van der Waals surface area contributed by atoms with Crippen molar-refractivity contribution in [1.82, 2.24) is 95.4 Å². The van der Waals surface area contributed by atoms with Gasteiger partial charge < -0.3 is 34.3 Å². The summed E-state index contributed by atoms with van der Waals surface area (Å²) in [5, 5.41) is 83.3. The van der Waals surface area contributed by atoms with Crippen molar-refractivity contribution < 1.29 is 44.3 Å². The van der Waals surface area contributed by atoms with Crippen molar-refractivity contribution in [2.45, 2.75) is 156 Å². The van der Waals surface area contributed by atoms with Crippen molar-refractivity contribution in [1.29, 1.82) is 0 Å². The summed E-state index contributed by atoms with van der Waals surface area (Å²) in [6.45, 7) is 10.7. The molecule has 31 heteroatoms. The Morgan fingerprint density at radius 1 is 0.536 bits per heavy atom. The van der Waals surface area contributed by atoms with Gasteiger partial charge in [-0.15, -0.1) is 26.6 Å². The molecule has 1 aliphatic carbocycles. The number of hydrogen-bond donors (Lipinski definition) is 7. The minimum atomic E-state index is -1.00. The fraction of sp³-hybridized carbons (Fsp3) is 0.266. The number of carboxylic acid groups (broad SMARTS) is 3. The van der Waals surface area contributed by atoms with Crippen molar-refractivity contribution >= 4 is 69.7 Å². The average Bonchev–Trinajstić information content (AvgIpc) is 1.62. The monoisotopic (exact) mass is 1710 g/mol. The van der Waals surface area contributed by atoms with Gasteiger partial charge >= 0.3 is 17.9 Å². The van der Waals surface area contributed by atoms with E-state index in [9.17, 15) is 34.5 Å². The van der Waals surface area contributed by atoms with Crippen LogP contribution < -0.4 is 4.74 Å². The number of H-pyrrole nitrogens is 3. The molecule has 8 aromatic carbocycles. The number of aromatic amines is 3. The molecule has 0 bridgehead atoms. The van der Waals surface area contributed by atoms with E-state index in [1.54, 1.807) is 54.7 Å². The molecule has 0 atom stereocenters. The van der Waals surface area contributed by atoms with Crippen molar-refractivity contribution in [3.63, 3.8) is 0 Å². The van der Waals surface area contributed by atoms with Crippen LogP contribution in [0.4, 0.5) is 0 Å². The molecule has 1 spiro atoms. The molecular formula is C94H95ClN20O9S. The Hall–Kier alpha value is -14.1. The van der Waals surface area contributed by atoms with E-state index in [-0.39, 0.29) is 23.6 Å². The van der Waals surface area contributed by atoms with Gasteiger partial charge in [-0.3, -0.25) is 19.3 Å². The van der Waals surface area contributed by atoms with Crippen LogP contribution in [-0.2, 0) is 61.6 Å². The summed E-state index contributed by atoms with van der Waals surface area (Å²) in [6.07, 6.45) is 16.5. The van der Waals surface area contributed by atoms with Crippen LogP contribution in [0.25, 0.3) is 84.7 Å². The number of imidazole rings is 3. The van der Waals surface area contributed by atoms with Gasteiger partial charge in [-0.25, -0.2) is 39.6 Å². The fourth-order valence-electron chi connectivity index (χ4n) is 15.5. The molecule has 29 nitrogen and oxygen atoms in total. The zero-order chi connectivity index (χ0) is 87.2. The van der Waals surface area contributed by atoms with Crippen LogP contribution in [0.5, 0.6) is 6.01 Å². The van der Waals surface area contributed by atoms with Crippen molar-refractivity contribution in [2.24, 2.45) is 4.99 Å². The highest BCUT2D eigenvalue weighted by molar-refractivity contribution is 7.09. The molecule has 1 saturated carbocycles. The molecular weight excluding hydrogens is 1620 g/mol. The molecule has 638 valence electrons. The number of aliphatic hydroxyl groups is 1. The molecule has 0 unspecified atom stereocenters. The smallest absolute Gasteiger partial charge is 0.337 e. The summed E-state index contributed by atoms with van der Waals surface area (Å²) in [7, 11) is 0. The third-order valence-corrected chi connectivity index (χ3v) is 23.1. The number of carbonyl (C=O) groups excluding carboxylic acids is 1. The Bertz CT molecular complexity index is 6180. The van der Waals surface area contributed by atoms with Gasteiger partial charge in [0, 0.05) is 65.9 Å². The summed E-state index contributed by atoms with van der Waals surface area (Å²) in [5.41, 5.74) is 16.0.